The number of amides is 1. The number of nitrogens with zero attached hydrogens (tertiary/aromatic N) is 1. The molecule has 0 aromatic carbocycles. The molecule has 57 heavy (non-hydrogen) atoms. The van der Waals surface area contributed by atoms with Gasteiger partial charge in [0.2, 0.25) is 5.91 Å². The molecule has 1 atom stereocenters. The lowest BCUT2D eigenvalue weighted by molar-refractivity contribution is -0.148. The molecule has 1 amide bonds. The standard InChI is InChI=1S/C48H91N3O6/c1-3-5-7-9-11-13-15-17-19-21-23-25-27-29-31-36-46(53)56-43-40-51(48(55)45(50-39-42-52)35-33-34-38-49)41-44-57-47(54)37-32-30-28-26-24-22-20-18-16-14-12-10-8-6-4-2/h17-20,45,50,52H,3-16,21-44,49H2,1-2H3/b19-17-,20-18-. The van der Waals surface area contributed by atoms with E-state index in [1.807, 2.05) is 0 Å². The fourth-order valence-corrected chi connectivity index (χ4v) is 6.96. The number of carbonyl (C=O) groups is 3. The van der Waals surface area contributed by atoms with Crippen molar-refractivity contribution in [1.29, 1.82) is 0 Å². The van der Waals surface area contributed by atoms with E-state index in [0.717, 1.165) is 64.2 Å². The Kier molecular flexibility index (Phi) is 43.1. The van der Waals surface area contributed by atoms with Gasteiger partial charge in [0.1, 0.15) is 13.2 Å². The van der Waals surface area contributed by atoms with Crippen molar-refractivity contribution in [3.63, 3.8) is 0 Å². The van der Waals surface area contributed by atoms with Crippen LogP contribution in [0, 0.1) is 0 Å². The maximum Gasteiger partial charge on any atom is 0.305 e. The van der Waals surface area contributed by atoms with Crippen LogP contribution in [0.2, 0.25) is 0 Å². The van der Waals surface area contributed by atoms with Gasteiger partial charge in [0.25, 0.3) is 0 Å². The highest BCUT2D eigenvalue weighted by Gasteiger charge is 2.24. The Morgan fingerprint density at radius 1 is 0.561 bits per heavy atom. The summed E-state index contributed by atoms with van der Waals surface area (Å²) >= 11 is 0. The summed E-state index contributed by atoms with van der Waals surface area (Å²) in [4.78, 5) is 40.2. The van der Waals surface area contributed by atoms with Gasteiger partial charge in [-0.15, -0.1) is 0 Å². The summed E-state index contributed by atoms with van der Waals surface area (Å²) < 4.78 is 11.1. The molecule has 9 nitrogen and oxygen atoms in total. The molecule has 1 unspecified atom stereocenters. The fraction of sp³-hybridized carbons (Fsp3) is 0.854. The highest BCUT2D eigenvalue weighted by atomic mass is 16.5. The van der Waals surface area contributed by atoms with Crippen molar-refractivity contribution in [2.75, 3.05) is 46.0 Å². The number of carbonyl (C=O) groups excluding carboxylic acids is 3. The SMILES string of the molecule is CCCCCCCC/C=C\CCCCCCCC(=O)OCCN(CCOC(=O)CCCCCCC/C=C\CCCCCCCC)C(=O)C(CCCCN)NCCO. The maximum atomic E-state index is 13.6. The lowest BCUT2D eigenvalue weighted by atomic mass is 10.1. The van der Waals surface area contributed by atoms with Crippen LogP contribution in [0.5, 0.6) is 0 Å². The largest absolute Gasteiger partial charge is 0.464 e. The highest BCUT2D eigenvalue weighted by Crippen LogP contribution is 2.13. The van der Waals surface area contributed by atoms with Gasteiger partial charge < -0.3 is 30.5 Å². The normalized spacial score (nSPS) is 12.1. The Morgan fingerprint density at radius 3 is 1.33 bits per heavy atom. The Hall–Kier alpha value is -2.23. The molecule has 0 saturated heterocycles. The second-order valence-electron chi connectivity index (χ2n) is 15.9. The van der Waals surface area contributed by atoms with Crippen molar-refractivity contribution in [1.82, 2.24) is 10.2 Å². The first kappa shape index (κ1) is 54.8. The van der Waals surface area contributed by atoms with Gasteiger partial charge in [0.15, 0.2) is 0 Å². The number of unbranched alkanes of at least 4 members (excludes halogenated alkanes) is 23. The van der Waals surface area contributed by atoms with E-state index < -0.39 is 6.04 Å². The van der Waals surface area contributed by atoms with Gasteiger partial charge in [0.05, 0.1) is 25.7 Å². The molecule has 0 aliphatic heterocycles. The van der Waals surface area contributed by atoms with Gasteiger partial charge >= 0.3 is 11.9 Å². The number of aliphatic hydroxyl groups excluding tert-OH is 1. The van der Waals surface area contributed by atoms with Crippen LogP contribution in [-0.2, 0) is 23.9 Å². The Morgan fingerprint density at radius 2 is 0.947 bits per heavy atom. The van der Waals surface area contributed by atoms with Crippen molar-refractivity contribution in [2.45, 2.75) is 219 Å². The van der Waals surface area contributed by atoms with Crippen LogP contribution in [0.15, 0.2) is 24.3 Å². The molecule has 0 aromatic rings. The number of rotatable bonds is 44. The monoisotopic (exact) mass is 806 g/mol. The van der Waals surface area contributed by atoms with Crippen LogP contribution in [0.4, 0.5) is 0 Å². The van der Waals surface area contributed by atoms with Crippen LogP contribution < -0.4 is 11.1 Å². The predicted octanol–water partition coefficient (Wildman–Crippen LogP) is 11.1. The smallest absolute Gasteiger partial charge is 0.305 e. The van der Waals surface area contributed by atoms with E-state index >= 15 is 0 Å². The number of allylic oxidation sites excluding steroid dienone is 4. The van der Waals surface area contributed by atoms with Gasteiger partial charge in [-0.25, -0.2) is 0 Å². The third kappa shape index (κ3) is 39.0. The molecule has 0 radical (unpaired) electrons. The van der Waals surface area contributed by atoms with Crippen molar-refractivity contribution >= 4 is 17.8 Å². The molecule has 334 valence electrons. The average molecular weight is 806 g/mol. The summed E-state index contributed by atoms with van der Waals surface area (Å²) in [5.74, 6) is -0.643. The Bertz CT molecular complexity index is 900. The van der Waals surface area contributed by atoms with Crippen LogP contribution in [-0.4, -0.2) is 79.9 Å². The zero-order valence-electron chi connectivity index (χ0n) is 37.3. The minimum Gasteiger partial charge on any atom is -0.464 e. The molecule has 0 aliphatic rings. The second-order valence-corrected chi connectivity index (χ2v) is 15.9. The lowest BCUT2D eigenvalue weighted by Crippen LogP contribution is -2.49. The first-order valence-corrected chi connectivity index (χ1v) is 23.9. The summed E-state index contributed by atoms with van der Waals surface area (Å²) in [7, 11) is 0. The van der Waals surface area contributed by atoms with Gasteiger partial charge in [0, 0.05) is 19.4 Å². The number of aliphatic hydroxyl groups is 1. The van der Waals surface area contributed by atoms with Crippen molar-refractivity contribution < 1.29 is 29.0 Å². The van der Waals surface area contributed by atoms with Crippen LogP contribution >= 0.6 is 0 Å². The summed E-state index contributed by atoms with van der Waals surface area (Å²) in [5, 5.41) is 12.5. The predicted molar refractivity (Wildman–Crippen MR) is 239 cm³/mol. The fourth-order valence-electron chi connectivity index (χ4n) is 6.96. The van der Waals surface area contributed by atoms with E-state index in [4.69, 9.17) is 15.2 Å². The molecule has 0 aromatic heterocycles. The maximum absolute atomic E-state index is 13.6. The van der Waals surface area contributed by atoms with Gasteiger partial charge in [-0.3, -0.25) is 14.4 Å². The van der Waals surface area contributed by atoms with E-state index in [1.54, 1.807) is 4.90 Å². The quantitative estimate of drug-likeness (QED) is 0.0315. The first-order chi connectivity index (χ1) is 28.0. The van der Waals surface area contributed by atoms with Gasteiger partial charge in [-0.2, -0.15) is 0 Å². The van der Waals surface area contributed by atoms with Crippen LogP contribution in [0.25, 0.3) is 0 Å². The number of hydrogen-bond acceptors (Lipinski definition) is 8. The first-order valence-electron chi connectivity index (χ1n) is 23.9. The van der Waals surface area contributed by atoms with E-state index in [-0.39, 0.29) is 50.8 Å². The molecule has 9 heteroatoms. The number of nitrogens with one attached hydrogen (secondary N) is 1. The Balaban J connectivity index is 4.42. The summed E-state index contributed by atoms with van der Waals surface area (Å²) in [6.07, 6.45) is 43.6. The minimum atomic E-state index is -0.498. The van der Waals surface area contributed by atoms with Crippen LogP contribution in [0.1, 0.15) is 213 Å². The van der Waals surface area contributed by atoms with Crippen molar-refractivity contribution in [3.8, 4) is 0 Å². The molecule has 0 heterocycles. The summed E-state index contributed by atoms with van der Waals surface area (Å²) in [6.45, 7) is 5.89. The Labute approximate surface area is 351 Å². The number of esters is 2. The summed E-state index contributed by atoms with van der Waals surface area (Å²) in [6, 6.07) is -0.498. The number of ether oxygens (including phenoxy) is 2. The third-order valence-corrected chi connectivity index (χ3v) is 10.6. The topological polar surface area (TPSA) is 131 Å². The molecule has 0 aliphatic carbocycles. The van der Waals surface area contributed by atoms with Gasteiger partial charge in [-0.05, 0) is 83.6 Å². The zero-order chi connectivity index (χ0) is 41.7. The molecule has 0 spiro atoms. The number of hydrogen-bond donors (Lipinski definition) is 3. The van der Waals surface area contributed by atoms with Crippen LogP contribution in [0.3, 0.4) is 0 Å². The molecular formula is C48H91N3O6. The van der Waals surface area contributed by atoms with E-state index in [1.165, 1.54) is 116 Å². The molecule has 4 N–H and O–H groups in total. The van der Waals surface area contributed by atoms with E-state index in [0.29, 0.717) is 32.4 Å². The molecule has 0 bridgehead atoms. The minimum absolute atomic E-state index is 0.0807. The number of nitrogens with two attached hydrogens (primary N) is 1. The summed E-state index contributed by atoms with van der Waals surface area (Å²) in [5.41, 5.74) is 5.69. The van der Waals surface area contributed by atoms with E-state index in [9.17, 15) is 19.5 Å². The van der Waals surface area contributed by atoms with Gasteiger partial charge in [-0.1, -0.05) is 147 Å². The average Bonchev–Trinajstić information content (AvgIpc) is 3.21. The molecule has 0 saturated carbocycles. The lowest BCUT2D eigenvalue weighted by Gasteiger charge is -2.28. The van der Waals surface area contributed by atoms with Crippen molar-refractivity contribution in [2.24, 2.45) is 5.73 Å². The molecule has 0 fully saturated rings. The second kappa shape index (κ2) is 44.9. The molecular weight excluding hydrogens is 715 g/mol. The zero-order valence-corrected chi connectivity index (χ0v) is 37.3. The highest BCUT2D eigenvalue weighted by molar-refractivity contribution is 5.82. The third-order valence-electron chi connectivity index (χ3n) is 10.6. The van der Waals surface area contributed by atoms with E-state index in [2.05, 4.69) is 43.5 Å². The molecule has 0 rings (SSSR count). The van der Waals surface area contributed by atoms with Crippen molar-refractivity contribution in [3.05, 3.63) is 24.3 Å².